The van der Waals surface area contributed by atoms with Gasteiger partial charge in [-0.2, -0.15) is 0 Å². The summed E-state index contributed by atoms with van der Waals surface area (Å²) in [5, 5.41) is 11.6. The van der Waals surface area contributed by atoms with Crippen molar-refractivity contribution in [1.29, 1.82) is 0 Å². The highest BCUT2D eigenvalue weighted by molar-refractivity contribution is 6.29. The summed E-state index contributed by atoms with van der Waals surface area (Å²) < 4.78 is 5.91. The van der Waals surface area contributed by atoms with Gasteiger partial charge in [0.15, 0.2) is 11.4 Å². The van der Waals surface area contributed by atoms with E-state index < -0.39 is 28.0 Å². The third-order valence-electron chi connectivity index (χ3n) is 9.82. The van der Waals surface area contributed by atoms with Crippen LogP contribution < -0.4 is 0 Å². The van der Waals surface area contributed by atoms with Gasteiger partial charge in [-0.05, 0) is 61.7 Å². The Balaban J connectivity index is 1.77. The Kier molecular flexibility index (Phi) is 5.84. The molecule has 1 N–H and O–H groups in total. The number of carbonyl (C=O) groups is 3. The van der Waals surface area contributed by atoms with Crippen LogP contribution in [-0.4, -0.2) is 45.1 Å². The zero-order valence-electron chi connectivity index (χ0n) is 18.7. The summed E-state index contributed by atoms with van der Waals surface area (Å²) in [7, 11) is 0. The molecule has 0 aromatic rings. The van der Waals surface area contributed by atoms with Gasteiger partial charge in [-0.3, -0.25) is 14.4 Å². The molecule has 0 aromatic carbocycles. The topological polar surface area (TPSA) is 80.7 Å². The summed E-state index contributed by atoms with van der Waals surface area (Å²) in [6.45, 7) is 5.84. The molecule has 0 bridgehead atoms. The van der Waals surface area contributed by atoms with E-state index in [0.717, 1.165) is 12.8 Å². The van der Waals surface area contributed by atoms with Gasteiger partial charge < -0.3 is 9.84 Å². The second kappa shape index (κ2) is 7.70. The fraction of sp³-hybridized carbons (Fsp3) is 0.875. The van der Waals surface area contributed by atoms with Gasteiger partial charge in [0.25, 0.3) is 0 Å². The van der Waals surface area contributed by atoms with Gasteiger partial charge in [-0.15, -0.1) is 23.2 Å². The van der Waals surface area contributed by atoms with E-state index in [1.54, 1.807) is 6.92 Å². The molecule has 4 rings (SSSR count). The number of ketones is 2. The van der Waals surface area contributed by atoms with Crippen molar-refractivity contribution < 1.29 is 24.2 Å². The van der Waals surface area contributed by atoms with E-state index in [1.807, 2.05) is 6.92 Å². The molecule has 4 aliphatic carbocycles. The zero-order chi connectivity index (χ0) is 22.8. The van der Waals surface area contributed by atoms with Crippen LogP contribution >= 0.6 is 23.2 Å². The molecule has 4 saturated carbocycles. The summed E-state index contributed by atoms with van der Waals surface area (Å²) in [6.07, 6.45) is 4.16. The van der Waals surface area contributed by atoms with Gasteiger partial charge in [0, 0.05) is 24.7 Å². The lowest BCUT2D eigenvalue weighted by Crippen LogP contribution is -2.70. The van der Waals surface area contributed by atoms with Crippen molar-refractivity contribution in [2.24, 2.45) is 28.6 Å². The average molecular weight is 473 g/mol. The van der Waals surface area contributed by atoms with Crippen molar-refractivity contribution in [1.82, 2.24) is 0 Å². The van der Waals surface area contributed by atoms with Crippen LogP contribution in [0.3, 0.4) is 0 Å². The monoisotopic (exact) mass is 472 g/mol. The number of carbonyl (C=O) groups excluding carboxylic acids is 3. The van der Waals surface area contributed by atoms with E-state index in [0.29, 0.717) is 32.1 Å². The lowest BCUT2D eigenvalue weighted by atomic mass is 9.43. The molecule has 31 heavy (non-hydrogen) atoms. The maximum Gasteiger partial charge on any atom is 0.306 e. The maximum atomic E-state index is 13.2. The standard InChI is InChI=1S/C24H34Cl2O5/c1-4-20(30)31-23(19(29)13-25)10-8-16-17-6-5-14-11-15(27)7-9-21(14,2)24(17,26)18(28)12-22(16,23)3/h14,16-18,28H,4-13H2,1-3H3/t14-,16+,17+,18+,21+,22+,23+,24+/m1/s1. The normalized spacial score (nSPS) is 49.0. The number of fused-ring (bicyclic) bond motifs is 5. The number of halogens is 2. The summed E-state index contributed by atoms with van der Waals surface area (Å²) in [6, 6.07) is 0. The van der Waals surface area contributed by atoms with E-state index in [1.165, 1.54) is 0 Å². The Morgan fingerprint density at radius 3 is 2.48 bits per heavy atom. The summed E-state index contributed by atoms with van der Waals surface area (Å²) in [5.74, 6) is -0.431. The highest BCUT2D eigenvalue weighted by Crippen LogP contribution is 2.72. The van der Waals surface area contributed by atoms with Crippen LogP contribution in [0.2, 0.25) is 0 Å². The Hall–Kier alpha value is -0.650. The predicted molar refractivity (Wildman–Crippen MR) is 118 cm³/mol. The summed E-state index contributed by atoms with van der Waals surface area (Å²) in [4.78, 5) is 36.8. The number of ether oxygens (including phenoxy) is 1. The van der Waals surface area contributed by atoms with E-state index in [2.05, 4.69) is 6.92 Å². The quantitative estimate of drug-likeness (QED) is 0.483. The number of rotatable bonds is 4. The van der Waals surface area contributed by atoms with Crippen LogP contribution in [0.25, 0.3) is 0 Å². The fourth-order valence-corrected chi connectivity index (χ4v) is 8.90. The number of hydrogen-bond donors (Lipinski definition) is 1. The predicted octanol–water partition coefficient (Wildman–Crippen LogP) is 4.43. The minimum absolute atomic E-state index is 0.0114. The van der Waals surface area contributed by atoms with Gasteiger partial charge in [-0.1, -0.05) is 20.8 Å². The fourth-order valence-electron chi connectivity index (χ4n) is 8.10. The molecule has 0 amide bonds. The van der Waals surface area contributed by atoms with Crippen molar-refractivity contribution in [3.05, 3.63) is 0 Å². The molecule has 0 unspecified atom stereocenters. The van der Waals surface area contributed by atoms with E-state index in [9.17, 15) is 19.5 Å². The number of aliphatic hydroxyl groups is 1. The Bertz CT molecular complexity index is 801. The molecule has 4 fully saturated rings. The Morgan fingerprint density at radius 1 is 1.13 bits per heavy atom. The molecule has 7 heteroatoms. The van der Waals surface area contributed by atoms with E-state index >= 15 is 0 Å². The summed E-state index contributed by atoms with van der Waals surface area (Å²) >= 11 is 13.5. The van der Waals surface area contributed by atoms with Crippen molar-refractivity contribution in [2.45, 2.75) is 95.1 Å². The summed E-state index contributed by atoms with van der Waals surface area (Å²) in [5.41, 5.74) is -2.38. The lowest BCUT2D eigenvalue weighted by Gasteiger charge is -2.66. The first-order valence-electron chi connectivity index (χ1n) is 11.7. The van der Waals surface area contributed by atoms with Crippen LogP contribution in [0.15, 0.2) is 0 Å². The van der Waals surface area contributed by atoms with E-state index in [4.69, 9.17) is 27.9 Å². The van der Waals surface area contributed by atoms with Crippen LogP contribution in [0.1, 0.15) is 78.6 Å². The Labute approximate surface area is 194 Å². The molecule has 0 spiro atoms. The molecule has 0 saturated heterocycles. The van der Waals surface area contributed by atoms with Crippen LogP contribution in [0, 0.1) is 28.6 Å². The number of alkyl halides is 2. The van der Waals surface area contributed by atoms with Gasteiger partial charge in [0.1, 0.15) is 5.78 Å². The average Bonchev–Trinajstić information content (AvgIpc) is 3.01. The Morgan fingerprint density at radius 2 is 1.84 bits per heavy atom. The van der Waals surface area contributed by atoms with Crippen molar-refractivity contribution in [2.75, 3.05) is 5.88 Å². The molecule has 0 radical (unpaired) electrons. The lowest BCUT2D eigenvalue weighted by molar-refractivity contribution is -0.203. The second-order valence-corrected chi connectivity index (χ2v) is 11.7. The van der Waals surface area contributed by atoms with Gasteiger partial charge >= 0.3 is 5.97 Å². The van der Waals surface area contributed by atoms with Crippen LogP contribution in [-0.2, 0) is 19.1 Å². The van der Waals surface area contributed by atoms with Gasteiger partial charge in [0.2, 0.25) is 0 Å². The smallest absolute Gasteiger partial charge is 0.306 e. The molecular weight excluding hydrogens is 439 g/mol. The van der Waals surface area contributed by atoms with Crippen molar-refractivity contribution >= 4 is 40.7 Å². The molecule has 5 nitrogen and oxygen atoms in total. The molecular formula is C24H34Cl2O5. The molecule has 0 aliphatic heterocycles. The van der Waals surface area contributed by atoms with E-state index in [-0.39, 0.29) is 53.5 Å². The molecule has 0 heterocycles. The van der Waals surface area contributed by atoms with Gasteiger partial charge in [0.05, 0.1) is 16.9 Å². The second-order valence-electron chi connectivity index (χ2n) is 10.8. The first kappa shape index (κ1) is 23.5. The number of hydrogen-bond acceptors (Lipinski definition) is 5. The SMILES string of the molecule is CCC(=O)O[C@]1(C(=O)CCl)CC[C@H]2[C@@H]3CC[C@@H]4CC(=O)CC[C@]4(C)[C@@]3(Cl)[C@@H](O)C[C@@]21C. The van der Waals surface area contributed by atoms with Crippen molar-refractivity contribution in [3.63, 3.8) is 0 Å². The molecule has 8 atom stereocenters. The van der Waals surface area contributed by atoms with Gasteiger partial charge in [-0.25, -0.2) is 0 Å². The van der Waals surface area contributed by atoms with Crippen LogP contribution in [0.5, 0.6) is 0 Å². The minimum Gasteiger partial charge on any atom is -0.450 e. The molecule has 174 valence electrons. The molecule has 0 aromatic heterocycles. The third-order valence-corrected chi connectivity index (χ3v) is 11.0. The number of Topliss-reactive ketones (excluding diaryl/α,β-unsaturated/α-hetero) is 2. The first-order chi connectivity index (χ1) is 14.5. The zero-order valence-corrected chi connectivity index (χ0v) is 20.2. The molecule has 4 aliphatic rings. The third kappa shape index (κ3) is 2.94. The number of esters is 1. The highest BCUT2D eigenvalue weighted by Gasteiger charge is 2.75. The minimum atomic E-state index is -1.31. The van der Waals surface area contributed by atoms with Crippen LogP contribution in [0.4, 0.5) is 0 Å². The highest BCUT2D eigenvalue weighted by atomic mass is 35.5. The largest absolute Gasteiger partial charge is 0.450 e. The van der Waals surface area contributed by atoms with Crippen molar-refractivity contribution in [3.8, 4) is 0 Å². The number of aliphatic hydroxyl groups excluding tert-OH is 1. The first-order valence-corrected chi connectivity index (χ1v) is 12.6. The maximum absolute atomic E-state index is 13.2.